The van der Waals surface area contributed by atoms with E-state index >= 15 is 0 Å². The van der Waals surface area contributed by atoms with Crippen molar-refractivity contribution in [2.75, 3.05) is 21.1 Å². The summed E-state index contributed by atoms with van der Waals surface area (Å²) in [5.74, 6) is -1.10. The molecule has 2 aromatic carbocycles. The molecule has 8 heteroatoms. The van der Waals surface area contributed by atoms with E-state index in [-0.39, 0.29) is 24.0 Å². The van der Waals surface area contributed by atoms with Crippen LogP contribution in [-0.4, -0.2) is 26.0 Å². The van der Waals surface area contributed by atoms with E-state index in [0.29, 0.717) is 29.0 Å². The molecule has 1 aliphatic rings. The maximum atomic E-state index is 12.9. The number of carbonyl (C=O) groups excluding carboxylic acids is 2. The van der Waals surface area contributed by atoms with Crippen LogP contribution in [0.1, 0.15) is 36.8 Å². The summed E-state index contributed by atoms with van der Waals surface area (Å²) in [6.07, 6.45) is 0.568. The quantitative estimate of drug-likeness (QED) is 0.691. The SMILES string of the molecule is CCCS(=O)(=O)Nc1cccc(NC(=O)C2CC(=O)Nc3ccccc32)c1C. The first-order valence-corrected chi connectivity index (χ1v) is 10.8. The standard InChI is InChI=1S/C20H23N3O4S/c1-3-11-28(26,27)23-17-10-6-9-16(13(17)2)22-20(25)15-12-19(24)21-18-8-5-4-7-14(15)18/h4-10,15,23H,3,11-12H2,1-2H3,(H,21,24)(H,22,25). The molecule has 0 saturated carbocycles. The molecule has 3 rings (SSSR count). The average Bonchev–Trinajstić information content (AvgIpc) is 2.64. The summed E-state index contributed by atoms with van der Waals surface area (Å²) in [7, 11) is -3.44. The second-order valence-corrected chi connectivity index (χ2v) is 8.62. The zero-order valence-corrected chi connectivity index (χ0v) is 16.6. The number of benzene rings is 2. The zero-order chi connectivity index (χ0) is 20.3. The summed E-state index contributed by atoms with van der Waals surface area (Å²) < 4.78 is 26.7. The van der Waals surface area contributed by atoms with Crippen molar-refractivity contribution in [1.29, 1.82) is 0 Å². The minimum absolute atomic E-state index is 0.0248. The Morgan fingerprint density at radius 2 is 1.86 bits per heavy atom. The largest absolute Gasteiger partial charge is 0.326 e. The molecule has 2 aromatic rings. The molecule has 0 bridgehead atoms. The number of carbonyl (C=O) groups is 2. The van der Waals surface area contributed by atoms with Gasteiger partial charge in [-0.05, 0) is 42.7 Å². The van der Waals surface area contributed by atoms with Gasteiger partial charge in [-0.25, -0.2) is 8.42 Å². The highest BCUT2D eigenvalue weighted by molar-refractivity contribution is 7.92. The number of amides is 2. The Labute approximate surface area is 164 Å². The van der Waals surface area contributed by atoms with Gasteiger partial charge in [-0.3, -0.25) is 14.3 Å². The molecule has 0 radical (unpaired) electrons. The Bertz CT molecular complexity index is 1020. The number of anilines is 3. The third-order valence-corrected chi connectivity index (χ3v) is 6.12. The van der Waals surface area contributed by atoms with E-state index in [2.05, 4.69) is 15.4 Å². The molecule has 28 heavy (non-hydrogen) atoms. The van der Waals surface area contributed by atoms with Crippen molar-refractivity contribution < 1.29 is 18.0 Å². The molecule has 1 unspecified atom stereocenters. The van der Waals surface area contributed by atoms with Gasteiger partial charge in [0, 0.05) is 17.8 Å². The lowest BCUT2D eigenvalue weighted by molar-refractivity contribution is -0.123. The van der Waals surface area contributed by atoms with Crippen LogP contribution in [0.4, 0.5) is 17.1 Å². The average molecular weight is 401 g/mol. The van der Waals surface area contributed by atoms with E-state index < -0.39 is 15.9 Å². The minimum atomic E-state index is -3.44. The normalized spacial score (nSPS) is 16.1. The molecule has 7 nitrogen and oxygen atoms in total. The van der Waals surface area contributed by atoms with E-state index in [1.807, 2.05) is 12.1 Å². The van der Waals surface area contributed by atoms with Gasteiger partial charge in [-0.2, -0.15) is 0 Å². The maximum Gasteiger partial charge on any atom is 0.232 e. The molecule has 0 aliphatic carbocycles. The number of hydrogen-bond acceptors (Lipinski definition) is 4. The van der Waals surface area contributed by atoms with Crippen molar-refractivity contribution >= 4 is 38.9 Å². The molecule has 0 spiro atoms. The van der Waals surface area contributed by atoms with Crippen molar-refractivity contribution in [3.63, 3.8) is 0 Å². The van der Waals surface area contributed by atoms with Crippen LogP contribution < -0.4 is 15.4 Å². The zero-order valence-electron chi connectivity index (χ0n) is 15.8. The van der Waals surface area contributed by atoms with Crippen LogP contribution in [0.3, 0.4) is 0 Å². The lowest BCUT2D eigenvalue weighted by Gasteiger charge is -2.25. The summed E-state index contributed by atoms with van der Waals surface area (Å²) >= 11 is 0. The molecule has 1 atom stereocenters. The van der Waals surface area contributed by atoms with Crippen molar-refractivity contribution in [3.8, 4) is 0 Å². The fraction of sp³-hybridized carbons (Fsp3) is 0.300. The molecular weight excluding hydrogens is 378 g/mol. The third-order valence-electron chi connectivity index (χ3n) is 4.65. The molecule has 2 amide bonds. The van der Waals surface area contributed by atoms with Crippen molar-refractivity contribution in [2.24, 2.45) is 0 Å². The van der Waals surface area contributed by atoms with Crippen LogP contribution in [0, 0.1) is 6.92 Å². The Morgan fingerprint density at radius 1 is 1.14 bits per heavy atom. The van der Waals surface area contributed by atoms with Gasteiger partial charge in [-0.15, -0.1) is 0 Å². The lowest BCUT2D eigenvalue weighted by Crippen LogP contribution is -2.31. The van der Waals surface area contributed by atoms with Crippen LogP contribution in [0.2, 0.25) is 0 Å². The molecule has 3 N–H and O–H groups in total. The molecular formula is C20H23N3O4S. The van der Waals surface area contributed by atoms with Crippen LogP contribution in [0.15, 0.2) is 42.5 Å². The number of sulfonamides is 1. The summed E-state index contributed by atoms with van der Waals surface area (Å²) in [5.41, 5.74) is 2.94. The van der Waals surface area contributed by atoms with E-state index in [1.54, 1.807) is 44.2 Å². The predicted octanol–water partition coefficient (Wildman–Crippen LogP) is 3.21. The van der Waals surface area contributed by atoms with Gasteiger partial charge in [0.2, 0.25) is 21.8 Å². The first-order chi connectivity index (χ1) is 13.3. The van der Waals surface area contributed by atoms with Gasteiger partial charge in [-0.1, -0.05) is 31.2 Å². The van der Waals surface area contributed by atoms with Crippen molar-refractivity contribution in [1.82, 2.24) is 0 Å². The molecule has 148 valence electrons. The van der Waals surface area contributed by atoms with Crippen LogP contribution >= 0.6 is 0 Å². The van der Waals surface area contributed by atoms with E-state index in [1.165, 1.54) is 0 Å². The monoisotopic (exact) mass is 401 g/mol. The van der Waals surface area contributed by atoms with E-state index in [0.717, 1.165) is 5.56 Å². The summed E-state index contributed by atoms with van der Waals surface area (Å²) in [6.45, 7) is 3.53. The predicted molar refractivity (Wildman–Crippen MR) is 110 cm³/mol. The van der Waals surface area contributed by atoms with Gasteiger partial charge >= 0.3 is 0 Å². The highest BCUT2D eigenvalue weighted by Crippen LogP contribution is 2.33. The van der Waals surface area contributed by atoms with E-state index in [9.17, 15) is 18.0 Å². The summed E-state index contributed by atoms with van der Waals surface area (Å²) in [4.78, 5) is 24.9. The molecule has 1 heterocycles. The number of rotatable bonds is 6. The number of fused-ring (bicyclic) bond motifs is 1. The fourth-order valence-corrected chi connectivity index (χ4v) is 4.43. The number of para-hydroxylation sites is 1. The van der Waals surface area contributed by atoms with Crippen molar-refractivity contribution in [3.05, 3.63) is 53.6 Å². The van der Waals surface area contributed by atoms with Gasteiger partial charge in [0.15, 0.2) is 0 Å². The lowest BCUT2D eigenvalue weighted by atomic mass is 9.89. The van der Waals surface area contributed by atoms with Crippen molar-refractivity contribution in [2.45, 2.75) is 32.6 Å². The Morgan fingerprint density at radius 3 is 2.61 bits per heavy atom. The van der Waals surface area contributed by atoms with Crippen LogP contribution in [0.25, 0.3) is 0 Å². The Hall–Kier alpha value is -2.87. The second-order valence-electron chi connectivity index (χ2n) is 6.78. The molecule has 0 aromatic heterocycles. The minimum Gasteiger partial charge on any atom is -0.326 e. The summed E-state index contributed by atoms with van der Waals surface area (Å²) in [6, 6.07) is 12.2. The Kier molecular flexibility index (Phi) is 5.69. The third kappa shape index (κ3) is 4.33. The Balaban J connectivity index is 1.84. The van der Waals surface area contributed by atoms with Crippen LogP contribution in [0.5, 0.6) is 0 Å². The van der Waals surface area contributed by atoms with Gasteiger partial charge < -0.3 is 10.6 Å². The fourth-order valence-electron chi connectivity index (χ4n) is 3.23. The molecule has 0 saturated heterocycles. The molecule has 1 aliphatic heterocycles. The first-order valence-electron chi connectivity index (χ1n) is 9.10. The summed E-state index contributed by atoms with van der Waals surface area (Å²) in [5, 5.41) is 5.62. The highest BCUT2D eigenvalue weighted by atomic mass is 32.2. The van der Waals surface area contributed by atoms with Gasteiger partial charge in [0.25, 0.3) is 0 Å². The molecule has 0 fully saturated rings. The maximum absolute atomic E-state index is 12.9. The number of hydrogen-bond donors (Lipinski definition) is 3. The topological polar surface area (TPSA) is 104 Å². The first kappa shape index (κ1) is 19.9. The van der Waals surface area contributed by atoms with E-state index in [4.69, 9.17) is 0 Å². The van der Waals surface area contributed by atoms with Crippen LogP contribution in [-0.2, 0) is 19.6 Å². The second kappa shape index (κ2) is 8.02. The van der Waals surface area contributed by atoms with Gasteiger partial charge in [0.05, 0.1) is 17.4 Å². The smallest absolute Gasteiger partial charge is 0.232 e. The highest BCUT2D eigenvalue weighted by Gasteiger charge is 2.30. The van der Waals surface area contributed by atoms with Gasteiger partial charge in [0.1, 0.15) is 0 Å². The number of nitrogens with one attached hydrogen (secondary N) is 3.